The zero-order chi connectivity index (χ0) is 21.5. The van der Waals surface area contributed by atoms with Crippen LogP contribution in [0.15, 0.2) is 35.7 Å². The molecule has 0 radical (unpaired) electrons. The molecule has 2 rings (SSSR count). The minimum atomic E-state index is -7.05. The number of carbonyl (C=O) groups excluding carboxylic acids is 1. The fourth-order valence-electron chi connectivity index (χ4n) is 2.02. The molecule has 12 heteroatoms. The normalized spacial score (nSPS) is 13.5. The van der Waals surface area contributed by atoms with Crippen LogP contribution in [0, 0.1) is 6.92 Å². The van der Waals surface area contributed by atoms with Crippen LogP contribution in [-0.4, -0.2) is 24.0 Å². The molecule has 2 aromatic rings. The quantitative estimate of drug-likeness (QED) is 0.317. The first-order valence-electron chi connectivity index (χ1n) is 7.20. The van der Waals surface area contributed by atoms with E-state index < -0.39 is 40.4 Å². The van der Waals surface area contributed by atoms with Crippen LogP contribution in [0.2, 0.25) is 0 Å². The Morgan fingerprint density at radius 3 is 1.89 bits per heavy atom. The molecule has 28 heavy (non-hydrogen) atoms. The van der Waals surface area contributed by atoms with Gasteiger partial charge in [0.15, 0.2) is 0 Å². The van der Waals surface area contributed by atoms with E-state index in [0.717, 1.165) is 5.56 Å². The zero-order valence-electron chi connectivity index (χ0n) is 13.6. The number of rotatable bonds is 5. The predicted octanol–water partition coefficient (Wildman–Crippen LogP) is 6.20. The van der Waals surface area contributed by atoms with Crippen molar-refractivity contribution < 1.29 is 49.0 Å². The van der Waals surface area contributed by atoms with Gasteiger partial charge in [0.1, 0.15) is 10.6 Å². The second kappa shape index (κ2) is 6.98. The molecule has 0 spiro atoms. The number of benzene rings is 1. The molecule has 0 saturated heterocycles. The number of hydrogen-bond acceptors (Lipinski definition) is 3. The first kappa shape index (κ1) is 22.1. The summed E-state index contributed by atoms with van der Waals surface area (Å²) >= 11 is 0.127. The van der Waals surface area contributed by atoms with Gasteiger partial charge in [-0.05, 0) is 30.5 Å². The van der Waals surface area contributed by atoms with E-state index >= 15 is 0 Å². The van der Waals surface area contributed by atoms with Crippen molar-refractivity contribution in [1.82, 2.24) is 0 Å². The molecule has 0 bridgehead atoms. The van der Waals surface area contributed by atoms with E-state index in [1.807, 2.05) is 0 Å². The van der Waals surface area contributed by atoms with Gasteiger partial charge in [0, 0.05) is 0 Å². The standard InChI is InChI=1S/C16H9F9O2S/c1-8-2-4-9(5-3-8)27-12(26)11-10(6-7-28-11)13(17,18)14(19,20)15(21,22)16(23,24)25/h2-7H,1H3. The summed E-state index contributed by atoms with van der Waals surface area (Å²) in [4.78, 5) is 10.8. The van der Waals surface area contributed by atoms with Gasteiger partial charge < -0.3 is 4.74 Å². The monoisotopic (exact) mass is 436 g/mol. The third kappa shape index (κ3) is 3.56. The van der Waals surface area contributed by atoms with Crippen LogP contribution < -0.4 is 4.74 Å². The molecule has 0 aliphatic heterocycles. The Hall–Kier alpha value is -2.24. The molecule has 1 aromatic carbocycles. The van der Waals surface area contributed by atoms with E-state index in [1.54, 1.807) is 6.92 Å². The largest absolute Gasteiger partial charge is 0.460 e. The molecule has 2 nitrogen and oxygen atoms in total. The Labute approximate surface area is 155 Å². The fraction of sp³-hybridized carbons (Fsp3) is 0.312. The average Bonchev–Trinajstić information content (AvgIpc) is 3.06. The lowest BCUT2D eigenvalue weighted by atomic mass is 9.97. The van der Waals surface area contributed by atoms with Gasteiger partial charge in [0.2, 0.25) is 0 Å². The molecule has 1 heterocycles. The lowest BCUT2D eigenvalue weighted by Gasteiger charge is -2.33. The Balaban J connectivity index is 2.42. The number of alkyl halides is 9. The molecule has 0 amide bonds. The fourth-order valence-corrected chi connectivity index (χ4v) is 2.82. The number of ether oxygens (including phenoxy) is 1. The highest BCUT2D eigenvalue weighted by Gasteiger charge is 2.82. The first-order chi connectivity index (χ1) is 12.6. The van der Waals surface area contributed by atoms with Crippen molar-refractivity contribution in [2.45, 2.75) is 30.9 Å². The molecule has 1 aromatic heterocycles. The van der Waals surface area contributed by atoms with Crippen molar-refractivity contribution in [2.24, 2.45) is 0 Å². The van der Waals surface area contributed by atoms with Crippen LogP contribution >= 0.6 is 11.3 Å². The number of halogens is 9. The number of esters is 1. The summed E-state index contributed by atoms with van der Waals surface area (Å²) in [6.45, 7) is 1.67. The summed E-state index contributed by atoms with van der Waals surface area (Å²) in [7, 11) is 0. The summed E-state index contributed by atoms with van der Waals surface area (Å²) in [6, 6.07) is 5.57. The molecule has 0 fully saturated rings. The maximum absolute atomic E-state index is 14.1. The predicted molar refractivity (Wildman–Crippen MR) is 80.3 cm³/mol. The Bertz CT molecular complexity index is 854. The molecule has 154 valence electrons. The van der Waals surface area contributed by atoms with Gasteiger partial charge in [-0.3, -0.25) is 0 Å². The number of carbonyl (C=O) groups is 1. The third-order valence-corrected chi connectivity index (χ3v) is 4.46. The van der Waals surface area contributed by atoms with E-state index in [2.05, 4.69) is 0 Å². The second-order valence-corrected chi connectivity index (χ2v) is 6.50. The molecular weight excluding hydrogens is 427 g/mol. The Morgan fingerprint density at radius 2 is 1.39 bits per heavy atom. The summed E-state index contributed by atoms with van der Waals surface area (Å²) in [5, 5.41) is 0.663. The van der Waals surface area contributed by atoms with Crippen molar-refractivity contribution >= 4 is 17.3 Å². The van der Waals surface area contributed by atoms with Crippen LogP contribution in [-0.2, 0) is 5.92 Å². The average molecular weight is 436 g/mol. The van der Waals surface area contributed by atoms with Gasteiger partial charge in [-0.15, -0.1) is 11.3 Å². The Morgan fingerprint density at radius 1 is 0.857 bits per heavy atom. The highest BCUT2D eigenvalue weighted by molar-refractivity contribution is 7.12. The summed E-state index contributed by atoms with van der Waals surface area (Å²) in [6.07, 6.45) is -6.95. The van der Waals surface area contributed by atoms with E-state index in [4.69, 9.17) is 4.74 Å². The number of hydrogen-bond donors (Lipinski definition) is 0. The topological polar surface area (TPSA) is 26.3 Å². The highest BCUT2D eigenvalue weighted by Crippen LogP contribution is 2.57. The van der Waals surface area contributed by atoms with Crippen LogP contribution in [0.3, 0.4) is 0 Å². The molecule has 0 aliphatic carbocycles. The summed E-state index contributed by atoms with van der Waals surface area (Å²) in [5.74, 6) is -21.7. The maximum Gasteiger partial charge on any atom is 0.460 e. The maximum atomic E-state index is 14.1. The Kier molecular flexibility index (Phi) is 5.50. The number of aryl methyl sites for hydroxylation is 1. The van der Waals surface area contributed by atoms with Crippen LogP contribution in [0.25, 0.3) is 0 Å². The first-order valence-corrected chi connectivity index (χ1v) is 8.08. The van der Waals surface area contributed by atoms with Crippen molar-refractivity contribution in [2.75, 3.05) is 0 Å². The van der Waals surface area contributed by atoms with Crippen LogP contribution in [0.5, 0.6) is 5.75 Å². The summed E-state index contributed by atoms with van der Waals surface area (Å²) < 4.78 is 123. The minimum absolute atomic E-state index is 0.127. The molecular formula is C16H9F9O2S. The smallest absolute Gasteiger partial charge is 0.422 e. The van der Waals surface area contributed by atoms with Crippen molar-refractivity contribution in [1.29, 1.82) is 0 Å². The second-order valence-electron chi connectivity index (χ2n) is 5.59. The molecule has 0 atom stereocenters. The third-order valence-electron chi connectivity index (χ3n) is 3.57. The molecule has 0 N–H and O–H groups in total. The SMILES string of the molecule is Cc1ccc(OC(=O)c2sccc2C(F)(F)C(F)(F)C(F)(F)C(F)(F)F)cc1. The van der Waals surface area contributed by atoms with E-state index in [-0.39, 0.29) is 23.2 Å². The zero-order valence-corrected chi connectivity index (χ0v) is 14.4. The van der Waals surface area contributed by atoms with Crippen LogP contribution in [0.4, 0.5) is 39.5 Å². The highest BCUT2D eigenvalue weighted by atomic mass is 32.1. The van der Waals surface area contributed by atoms with Crippen molar-refractivity contribution in [3.05, 3.63) is 51.7 Å². The molecule has 0 saturated carbocycles. The van der Waals surface area contributed by atoms with Gasteiger partial charge in [-0.25, -0.2) is 4.79 Å². The van der Waals surface area contributed by atoms with E-state index in [1.165, 1.54) is 24.3 Å². The van der Waals surface area contributed by atoms with Gasteiger partial charge in [0.05, 0.1) is 5.56 Å². The lowest BCUT2D eigenvalue weighted by molar-refractivity contribution is -0.399. The van der Waals surface area contributed by atoms with Gasteiger partial charge in [-0.1, -0.05) is 17.7 Å². The van der Waals surface area contributed by atoms with Gasteiger partial charge in [0.25, 0.3) is 0 Å². The summed E-state index contributed by atoms with van der Waals surface area (Å²) in [5.41, 5.74) is -1.26. The van der Waals surface area contributed by atoms with Gasteiger partial charge >= 0.3 is 29.9 Å². The lowest BCUT2D eigenvalue weighted by Crippen LogP contribution is -2.59. The molecule has 0 aliphatic rings. The van der Waals surface area contributed by atoms with Gasteiger partial charge in [-0.2, -0.15) is 39.5 Å². The minimum Gasteiger partial charge on any atom is -0.422 e. The number of thiophene rings is 1. The van der Waals surface area contributed by atoms with Crippen LogP contribution in [0.1, 0.15) is 20.8 Å². The molecule has 0 unspecified atom stereocenters. The van der Waals surface area contributed by atoms with E-state index in [9.17, 15) is 44.3 Å². The van der Waals surface area contributed by atoms with Crippen molar-refractivity contribution in [3.63, 3.8) is 0 Å². The van der Waals surface area contributed by atoms with Crippen molar-refractivity contribution in [3.8, 4) is 5.75 Å². The van der Waals surface area contributed by atoms with E-state index in [0.29, 0.717) is 5.38 Å².